The fraction of sp³-hybridized carbons (Fsp3) is 0.900. The van der Waals surface area contributed by atoms with Gasteiger partial charge in [-0.2, -0.15) is 8.42 Å². The van der Waals surface area contributed by atoms with Crippen molar-refractivity contribution in [3.05, 3.63) is 0 Å². The maximum atomic E-state index is 11.3. The summed E-state index contributed by atoms with van der Waals surface area (Å²) < 4.78 is 33.9. The van der Waals surface area contributed by atoms with E-state index < -0.39 is 10.4 Å². The van der Waals surface area contributed by atoms with Crippen LogP contribution in [0.25, 0.3) is 0 Å². The van der Waals surface area contributed by atoms with Crippen molar-refractivity contribution in [2.45, 2.75) is 13.8 Å². The molecule has 7 nitrogen and oxygen atoms in total. The molecule has 0 aliphatic carbocycles. The number of quaternary nitrogens is 1. The number of rotatable bonds is 8. The van der Waals surface area contributed by atoms with Gasteiger partial charge in [0.05, 0.1) is 27.2 Å². The maximum Gasteiger partial charge on any atom is 0.397 e. The highest BCUT2D eigenvalue weighted by Crippen LogP contribution is 1.98. The Balaban J connectivity index is 3.90. The number of nitrogens with zero attached hydrogens (tertiary/aromatic N) is 1. The molecular weight excluding hydrogens is 260 g/mol. The average molecular weight is 283 g/mol. The van der Waals surface area contributed by atoms with E-state index >= 15 is 0 Å². The zero-order valence-corrected chi connectivity index (χ0v) is 12.2. The molecule has 0 spiro atoms. The molecular formula is C10H23N2O5S+. The zero-order chi connectivity index (χ0) is 14.4. The molecule has 0 aliphatic heterocycles. The van der Waals surface area contributed by atoms with Gasteiger partial charge in [0.1, 0.15) is 13.2 Å². The summed E-state index contributed by atoms with van der Waals surface area (Å²) in [5, 5.41) is 2.78. The Labute approximate surface area is 109 Å². The molecule has 0 unspecified atom stereocenters. The quantitative estimate of drug-likeness (QED) is 0.469. The number of nitrogens with one attached hydrogen (secondary N) is 1. The fourth-order valence-electron chi connectivity index (χ4n) is 1.19. The predicted molar refractivity (Wildman–Crippen MR) is 67.2 cm³/mol. The molecule has 0 aromatic rings. The Morgan fingerprint density at radius 2 is 1.89 bits per heavy atom. The standard InChI is InChI=1S/C10H22N2O5S/c1-9(2)10(13)11-5-6-12(3,4)7-8-17-18(14,15)16/h9H,5-8H2,1-4H3,(H-,11,13,14,15,16)/p+1. The van der Waals surface area contributed by atoms with Crippen LogP contribution in [-0.2, 0) is 19.4 Å². The van der Waals surface area contributed by atoms with E-state index in [2.05, 4.69) is 9.50 Å². The van der Waals surface area contributed by atoms with Crippen LogP contribution in [-0.4, -0.2) is 63.7 Å². The van der Waals surface area contributed by atoms with Gasteiger partial charge in [0.25, 0.3) is 0 Å². The summed E-state index contributed by atoms with van der Waals surface area (Å²) >= 11 is 0. The second kappa shape index (κ2) is 7.03. The molecule has 0 heterocycles. The maximum absolute atomic E-state index is 11.3. The summed E-state index contributed by atoms with van der Waals surface area (Å²) in [4.78, 5) is 11.3. The molecule has 0 aromatic heterocycles. The lowest BCUT2D eigenvalue weighted by molar-refractivity contribution is -0.889. The van der Waals surface area contributed by atoms with Crippen LogP contribution in [0.4, 0.5) is 0 Å². The van der Waals surface area contributed by atoms with Crippen molar-refractivity contribution in [3.63, 3.8) is 0 Å². The summed E-state index contributed by atoms with van der Waals surface area (Å²) in [5.74, 6) is -0.0623. The molecule has 0 fully saturated rings. The second-order valence-corrected chi connectivity index (χ2v) is 6.17. The molecule has 0 saturated carbocycles. The average Bonchev–Trinajstić information content (AvgIpc) is 2.14. The minimum absolute atomic E-state index is 0.0100. The number of carbonyl (C=O) groups is 1. The Bertz CT molecular complexity index is 364. The van der Waals surface area contributed by atoms with Crippen molar-refractivity contribution < 1.29 is 26.4 Å². The van der Waals surface area contributed by atoms with E-state index in [9.17, 15) is 13.2 Å². The van der Waals surface area contributed by atoms with Crippen molar-refractivity contribution in [2.24, 2.45) is 5.92 Å². The van der Waals surface area contributed by atoms with E-state index in [-0.39, 0.29) is 18.4 Å². The van der Waals surface area contributed by atoms with Gasteiger partial charge in [-0.15, -0.1) is 0 Å². The molecule has 0 saturated heterocycles. The molecule has 18 heavy (non-hydrogen) atoms. The van der Waals surface area contributed by atoms with Crippen LogP contribution < -0.4 is 5.32 Å². The van der Waals surface area contributed by atoms with E-state index in [1.165, 1.54) is 0 Å². The van der Waals surface area contributed by atoms with Gasteiger partial charge in [-0.1, -0.05) is 13.8 Å². The van der Waals surface area contributed by atoms with Crippen molar-refractivity contribution >= 4 is 16.3 Å². The van der Waals surface area contributed by atoms with Crippen molar-refractivity contribution in [1.29, 1.82) is 0 Å². The molecule has 0 atom stereocenters. The van der Waals surface area contributed by atoms with E-state index in [0.29, 0.717) is 24.1 Å². The number of amides is 1. The van der Waals surface area contributed by atoms with Gasteiger partial charge < -0.3 is 9.80 Å². The number of hydrogen-bond donors (Lipinski definition) is 2. The highest BCUT2D eigenvalue weighted by molar-refractivity contribution is 7.80. The third-order valence-electron chi connectivity index (χ3n) is 2.47. The first kappa shape index (κ1) is 17.3. The second-order valence-electron chi connectivity index (χ2n) is 5.08. The largest absolute Gasteiger partial charge is 0.397 e. The first-order chi connectivity index (χ1) is 8.03. The summed E-state index contributed by atoms with van der Waals surface area (Å²) in [6.45, 7) is 5.11. The normalized spacial score (nSPS) is 12.8. The van der Waals surface area contributed by atoms with E-state index in [4.69, 9.17) is 4.55 Å². The van der Waals surface area contributed by atoms with Crippen LogP contribution in [0.5, 0.6) is 0 Å². The third kappa shape index (κ3) is 9.34. The van der Waals surface area contributed by atoms with Gasteiger partial charge in [0.2, 0.25) is 5.91 Å². The SMILES string of the molecule is CC(C)C(=O)NCC[N+](C)(C)CCOS(=O)(=O)O. The van der Waals surface area contributed by atoms with Crippen molar-refractivity contribution in [1.82, 2.24) is 5.32 Å². The van der Waals surface area contributed by atoms with Gasteiger partial charge in [0, 0.05) is 5.92 Å². The van der Waals surface area contributed by atoms with Crippen LogP contribution in [0.3, 0.4) is 0 Å². The molecule has 0 radical (unpaired) electrons. The van der Waals surface area contributed by atoms with Gasteiger partial charge in [-0.25, -0.2) is 4.18 Å². The molecule has 108 valence electrons. The summed E-state index contributed by atoms with van der Waals surface area (Å²) in [7, 11) is -0.604. The predicted octanol–water partition coefficient (Wildman–Crippen LogP) is -0.346. The first-order valence-corrected chi connectivity index (χ1v) is 7.11. The smallest absolute Gasteiger partial charge is 0.350 e. The topological polar surface area (TPSA) is 92.7 Å². The van der Waals surface area contributed by atoms with E-state index in [1.54, 1.807) is 0 Å². The van der Waals surface area contributed by atoms with Crippen LogP contribution in [0.15, 0.2) is 0 Å². The molecule has 0 aliphatic rings. The van der Waals surface area contributed by atoms with Crippen molar-refractivity contribution in [2.75, 3.05) is 40.3 Å². The lowest BCUT2D eigenvalue weighted by Crippen LogP contribution is -2.47. The van der Waals surface area contributed by atoms with Crippen LogP contribution >= 0.6 is 0 Å². The van der Waals surface area contributed by atoms with Gasteiger partial charge in [0.15, 0.2) is 0 Å². The van der Waals surface area contributed by atoms with Crippen LogP contribution in [0, 0.1) is 5.92 Å². The Hall–Kier alpha value is -0.700. The van der Waals surface area contributed by atoms with Crippen molar-refractivity contribution in [3.8, 4) is 0 Å². The molecule has 0 aromatic carbocycles. The highest BCUT2D eigenvalue weighted by atomic mass is 32.3. The first-order valence-electron chi connectivity index (χ1n) is 5.75. The number of carbonyl (C=O) groups excluding carboxylic acids is 1. The van der Waals surface area contributed by atoms with Gasteiger partial charge in [-0.05, 0) is 0 Å². The lowest BCUT2D eigenvalue weighted by Gasteiger charge is -2.29. The fourth-order valence-corrected chi connectivity index (χ4v) is 1.47. The van der Waals surface area contributed by atoms with Crippen LogP contribution in [0.1, 0.15) is 13.8 Å². The zero-order valence-electron chi connectivity index (χ0n) is 11.3. The minimum Gasteiger partial charge on any atom is -0.350 e. The van der Waals surface area contributed by atoms with E-state index in [1.807, 2.05) is 27.9 Å². The minimum atomic E-state index is -4.37. The summed E-state index contributed by atoms with van der Waals surface area (Å²) in [6.07, 6.45) is 0. The Morgan fingerprint density at radius 1 is 1.33 bits per heavy atom. The van der Waals surface area contributed by atoms with Crippen LogP contribution in [0.2, 0.25) is 0 Å². The Morgan fingerprint density at radius 3 is 2.33 bits per heavy atom. The Kier molecular flexibility index (Phi) is 6.76. The van der Waals surface area contributed by atoms with E-state index in [0.717, 1.165) is 0 Å². The molecule has 2 N–H and O–H groups in total. The van der Waals surface area contributed by atoms with Gasteiger partial charge >= 0.3 is 10.4 Å². The molecule has 8 heteroatoms. The summed E-state index contributed by atoms with van der Waals surface area (Å²) in [6, 6.07) is 0. The highest BCUT2D eigenvalue weighted by Gasteiger charge is 2.17. The molecule has 0 rings (SSSR count). The molecule has 0 bridgehead atoms. The van der Waals surface area contributed by atoms with Gasteiger partial charge in [-0.3, -0.25) is 9.35 Å². The lowest BCUT2D eigenvalue weighted by atomic mass is 10.2. The third-order valence-corrected chi connectivity index (χ3v) is 2.93. The molecule has 1 amide bonds. The monoisotopic (exact) mass is 283 g/mol. The summed E-state index contributed by atoms with van der Waals surface area (Å²) in [5.41, 5.74) is 0. The number of hydrogen-bond acceptors (Lipinski definition) is 4. The number of likely N-dealkylation sites (N-methyl/N-ethyl adjacent to an activating group) is 1.